The molecule has 0 radical (unpaired) electrons. The van der Waals surface area contributed by atoms with Gasteiger partial charge in [-0.2, -0.15) is 0 Å². The Balaban J connectivity index is 2.24. The number of anilines is 1. The van der Waals surface area contributed by atoms with Crippen LogP contribution in [0, 0.1) is 0 Å². The molecule has 146 valence electrons. The topological polar surface area (TPSA) is 94.6 Å². The largest absolute Gasteiger partial charge is 0.496 e. The first kappa shape index (κ1) is 19.2. The summed E-state index contributed by atoms with van der Waals surface area (Å²) in [7, 11) is 4.65. The molecule has 0 aliphatic carbocycles. The van der Waals surface area contributed by atoms with Gasteiger partial charge in [0.05, 0.1) is 37.9 Å². The third-order valence-electron chi connectivity index (χ3n) is 4.40. The van der Waals surface area contributed by atoms with Gasteiger partial charge in [-0.05, 0) is 19.9 Å². The average molecular weight is 393 g/mol. The molecule has 1 atom stereocenters. The molecule has 1 aromatic carbocycles. The number of aromatic amines is 1. The van der Waals surface area contributed by atoms with Gasteiger partial charge in [0.1, 0.15) is 11.6 Å². The first-order valence-corrected chi connectivity index (χ1v) is 9.51. The number of carbonyl (C=O) groups excluding carboxylic acids is 1. The Morgan fingerprint density at radius 1 is 1.07 bits per heavy atom. The zero-order valence-corrected chi connectivity index (χ0v) is 16.7. The third kappa shape index (κ3) is 3.39. The van der Waals surface area contributed by atoms with E-state index in [1.54, 1.807) is 38.1 Å². The summed E-state index contributed by atoms with van der Waals surface area (Å²) in [6.45, 7) is 3.87. The highest BCUT2D eigenvalue weighted by Gasteiger charge is 2.33. The Labute approximate surface area is 161 Å². The molecule has 0 bridgehead atoms. The SMILES string of the molecule is COc1cc(OC)c([C@H]2SCC(=O)Nc3c2c(=O)[nH]n3C(C)C)cc1OC. The van der Waals surface area contributed by atoms with Gasteiger partial charge in [0.15, 0.2) is 11.5 Å². The number of benzene rings is 1. The molecule has 8 nitrogen and oxygen atoms in total. The number of hydrogen-bond acceptors (Lipinski definition) is 6. The molecule has 2 aromatic rings. The normalized spacial score (nSPS) is 16.5. The number of methoxy groups -OCH3 is 3. The van der Waals surface area contributed by atoms with Crippen LogP contribution in [0.1, 0.15) is 36.3 Å². The van der Waals surface area contributed by atoms with Crippen molar-refractivity contribution in [1.82, 2.24) is 9.78 Å². The lowest BCUT2D eigenvalue weighted by Gasteiger charge is -2.20. The van der Waals surface area contributed by atoms with Crippen LogP contribution in [0.5, 0.6) is 17.2 Å². The molecule has 1 aliphatic heterocycles. The fraction of sp³-hybridized carbons (Fsp3) is 0.444. The van der Waals surface area contributed by atoms with E-state index in [2.05, 4.69) is 10.4 Å². The second-order valence-corrected chi connectivity index (χ2v) is 7.45. The fourth-order valence-electron chi connectivity index (χ4n) is 3.13. The van der Waals surface area contributed by atoms with Gasteiger partial charge in [-0.1, -0.05) is 0 Å². The van der Waals surface area contributed by atoms with E-state index < -0.39 is 5.25 Å². The van der Waals surface area contributed by atoms with Crippen LogP contribution in [0.2, 0.25) is 0 Å². The standard InChI is InChI=1S/C18H23N3O5S/c1-9(2)21-17-15(18(23)20-21)16(27-8-14(22)19-17)10-6-12(25-4)13(26-5)7-11(10)24-3/h6-7,9,16H,8H2,1-5H3,(H,19,22)(H,20,23)/t16-/m1/s1. The van der Waals surface area contributed by atoms with Crippen molar-refractivity contribution in [3.05, 3.63) is 33.6 Å². The van der Waals surface area contributed by atoms with E-state index in [4.69, 9.17) is 14.2 Å². The van der Waals surface area contributed by atoms with E-state index in [-0.39, 0.29) is 23.3 Å². The van der Waals surface area contributed by atoms with Crippen LogP contribution in [-0.4, -0.2) is 42.8 Å². The van der Waals surface area contributed by atoms with E-state index in [0.29, 0.717) is 28.6 Å². The van der Waals surface area contributed by atoms with Gasteiger partial charge >= 0.3 is 0 Å². The van der Waals surface area contributed by atoms with Crippen molar-refractivity contribution in [3.8, 4) is 17.2 Å². The molecule has 2 heterocycles. The predicted molar refractivity (Wildman–Crippen MR) is 104 cm³/mol. The fourth-order valence-corrected chi connectivity index (χ4v) is 4.27. The first-order valence-electron chi connectivity index (χ1n) is 8.47. The van der Waals surface area contributed by atoms with Crippen molar-refractivity contribution in [3.63, 3.8) is 0 Å². The number of fused-ring (bicyclic) bond motifs is 1. The quantitative estimate of drug-likeness (QED) is 0.811. The van der Waals surface area contributed by atoms with Gasteiger partial charge in [-0.15, -0.1) is 11.8 Å². The molecular formula is C18H23N3O5S. The van der Waals surface area contributed by atoms with Crippen molar-refractivity contribution in [2.24, 2.45) is 0 Å². The Bertz CT molecular complexity index is 918. The molecule has 9 heteroatoms. The van der Waals surface area contributed by atoms with Gasteiger partial charge in [0, 0.05) is 17.7 Å². The average Bonchev–Trinajstić information content (AvgIpc) is 2.87. The molecule has 0 saturated heterocycles. The number of aromatic nitrogens is 2. The van der Waals surface area contributed by atoms with Crippen molar-refractivity contribution < 1.29 is 19.0 Å². The summed E-state index contributed by atoms with van der Waals surface area (Å²) >= 11 is 1.37. The van der Waals surface area contributed by atoms with Crippen LogP contribution in [0.15, 0.2) is 16.9 Å². The van der Waals surface area contributed by atoms with Gasteiger partial charge in [0.2, 0.25) is 5.91 Å². The van der Waals surface area contributed by atoms with E-state index in [9.17, 15) is 9.59 Å². The number of thioether (sulfide) groups is 1. The number of ether oxygens (including phenoxy) is 3. The van der Waals surface area contributed by atoms with E-state index >= 15 is 0 Å². The lowest BCUT2D eigenvalue weighted by atomic mass is 10.0. The Morgan fingerprint density at radius 2 is 1.70 bits per heavy atom. The molecule has 1 amide bonds. The maximum atomic E-state index is 12.8. The number of amides is 1. The van der Waals surface area contributed by atoms with Crippen LogP contribution in [0.4, 0.5) is 5.82 Å². The smallest absolute Gasteiger partial charge is 0.270 e. The minimum absolute atomic E-state index is 0.0159. The predicted octanol–water partition coefficient (Wildman–Crippen LogP) is 2.56. The summed E-state index contributed by atoms with van der Waals surface area (Å²) in [4.78, 5) is 25.0. The number of rotatable bonds is 5. The zero-order chi connectivity index (χ0) is 19.7. The molecule has 0 fully saturated rings. The first-order chi connectivity index (χ1) is 12.9. The Kier molecular flexibility index (Phi) is 5.41. The second-order valence-electron chi connectivity index (χ2n) is 6.36. The van der Waals surface area contributed by atoms with Gasteiger partial charge in [-0.25, -0.2) is 0 Å². The van der Waals surface area contributed by atoms with E-state index in [1.165, 1.54) is 11.8 Å². The summed E-state index contributed by atoms with van der Waals surface area (Å²) in [5, 5.41) is 5.28. The highest BCUT2D eigenvalue weighted by Crippen LogP contribution is 2.47. The molecular weight excluding hydrogens is 370 g/mol. The second kappa shape index (κ2) is 7.59. The molecule has 2 N–H and O–H groups in total. The number of H-pyrrole nitrogens is 1. The van der Waals surface area contributed by atoms with Gasteiger partial charge < -0.3 is 19.5 Å². The van der Waals surface area contributed by atoms with Crippen molar-refractivity contribution >= 4 is 23.5 Å². The maximum absolute atomic E-state index is 12.8. The highest BCUT2D eigenvalue weighted by molar-refractivity contribution is 8.00. The van der Waals surface area contributed by atoms with Gasteiger partial charge in [0.25, 0.3) is 5.56 Å². The van der Waals surface area contributed by atoms with E-state index in [0.717, 1.165) is 5.56 Å². The van der Waals surface area contributed by atoms with Crippen LogP contribution in [-0.2, 0) is 4.79 Å². The summed E-state index contributed by atoms with van der Waals surface area (Å²) in [5.74, 6) is 2.16. The molecule has 3 rings (SSSR count). The zero-order valence-electron chi connectivity index (χ0n) is 15.9. The number of nitrogens with one attached hydrogen (secondary N) is 2. The number of hydrogen-bond donors (Lipinski definition) is 2. The molecule has 0 spiro atoms. The molecule has 1 aromatic heterocycles. The summed E-state index contributed by atoms with van der Waals surface area (Å²) < 4.78 is 18.0. The van der Waals surface area contributed by atoms with Crippen molar-refractivity contribution in [2.45, 2.75) is 25.1 Å². The molecule has 0 unspecified atom stereocenters. The van der Waals surface area contributed by atoms with Crippen LogP contribution in [0.3, 0.4) is 0 Å². The lowest BCUT2D eigenvalue weighted by molar-refractivity contribution is -0.113. The molecule has 1 aliphatic rings. The van der Waals surface area contributed by atoms with Crippen LogP contribution in [0.25, 0.3) is 0 Å². The van der Waals surface area contributed by atoms with Gasteiger partial charge in [-0.3, -0.25) is 19.4 Å². The minimum Gasteiger partial charge on any atom is -0.496 e. The van der Waals surface area contributed by atoms with Crippen LogP contribution < -0.4 is 25.1 Å². The summed E-state index contributed by atoms with van der Waals surface area (Å²) in [5.41, 5.74) is 0.991. The van der Waals surface area contributed by atoms with Crippen molar-refractivity contribution in [1.29, 1.82) is 0 Å². The number of carbonyl (C=O) groups is 1. The number of nitrogens with zero attached hydrogens (tertiary/aromatic N) is 1. The van der Waals surface area contributed by atoms with E-state index in [1.807, 2.05) is 13.8 Å². The molecule has 27 heavy (non-hydrogen) atoms. The Hall–Kier alpha value is -2.55. The Morgan fingerprint density at radius 3 is 2.30 bits per heavy atom. The third-order valence-corrected chi connectivity index (χ3v) is 5.65. The maximum Gasteiger partial charge on any atom is 0.270 e. The monoisotopic (exact) mass is 393 g/mol. The van der Waals surface area contributed by atoms with Crippen molar-refractivity contribution in [2.75, 3.05) is 32.4 Å². The lowest BCUT2D eigenvalue weighted by Crippen LogP contribution is -2.17. The molecule has 0 saturated carbocycles. The summed E-state index contributed by atoms with van der Waals surface area (Å²) in [6, 6.07) is 3.50. The summed E-state index contributed by atoms with van der Waals surface area (Å²) in [6.07, 6.45) is 0. The minimum atomic E-state index is -0.405. The van der Waals surface area contributed by atoms with Crippen LogP contribution >= 0.6 is 11.8 Å². The highest BCUT2D eigenvalue weighted by atomic mass is 32.2.